The van der Waals surface area contributed by atoms with Crippen LogP contribution >= 0.6 is 11.6 Å². The maximum absolute atomic E-state index is 13.7. The first-order valence-electron chi connectivity index (χ1n) is 11.8. The van der Waals surface area contributed by atoms with E-state index in [1.54, 1.807) is 9.80 Å². The predicted octanol–water partition coefficient (Wildman–Crippen LogP) is 3.05. The topological polar surface area (TPSA) is 116 Å². The summed E-state index contributed by atoms with van der Waals surface area (Å²) in [6.07, 6.45) is 0.749. The van der Waals surface area contributed by atoms with Gasteiger partial charge in [0.2, 0.25) is 5.91 Å². The summed E-state index contributed by atoms with van der Waals surface area (Å²) in [6, 6.07) is 13.3. The van der Waals surface area contributed by atoms with E-state index in [-0.39, 0.29) is 53.3 Å². The van der Waals surface area contributed by atoms with Crippen LogP contribution < -0.4 is 10.2 Å². The highest BCUT2D eigenvalue weighted by atomic mass is 35.5. The Hall–Kier alpha value is -3.66. The predicted molar refractivity (Wildman–Crippen MR) is 135 cm³/mol. The minimum absolute atomic E-state index is 0.0136. The largest absolute Gasteiger partial charge is 0.352 e. The van der Waals surface area contributed by atoms with Gasteiger partial charge in [-0.3, -0.25) is 24.5 Å². The van der Waals surface area contributed by atoms with E-state index in [2.05, 4.69) is 5.32 Å². The van der Waals surface area contributed by atoms with Crippen molar-refractivity contribution >= 4 is 40.7 Å². The molecule has 2 aromatic carbocycles. The molecule has 0 saturated carbocycles. The van der Waals surface area contributed by atoms with E-state index in [1.165, 1.54) is 12.1 Å². The average molecular weight is 514 g/mol. The Labute approximate surface area is 213 Å². The van der Waals surface area contributed by atoms with E-state index in [0.717, 1.165) is 11.8 Å². The van der Waals surface area contributed by atoms with Crippen molar-refractivity contribution in [2.45, 2.75) is 38.3 Å². The van der Waals surface area contributed by atoms with E-state index in [1.807, 2.05) is 49.1 Å². The van der Waals surface area contributed by atoms with Crippen molar-refractivity contribution in [3.05, 3.63) is 69.2 Å². The number of hydrogen-bond donors (Lipinski definition) is 1. The van der Waals surface area contributed by atoms with Gasteiger partial charge in [-0.25, -0.2) is 0 Å². The van der Waals surface area contributed by atoms with Crippen molar-refractivity contribution < 1.29 is 19.3 Å². The van der Waals surface area contributed by atoms with E-state index in [4.69, 9.17) is 11.6 Å². The van der Waals surface area contributed by atoms with Gasteiger partial charge in [-0.1, -0.05) is 29.8 Å². The number of nitrogens with zero attached hydrogens (tertiary/aromatic N) is 4. The van der Waals surface area contributed by atoms with Gasteiger partial charge in [-0.05, 0) is 44.9 Å². The molecule has 0 aliphatic carbocycles. The van der Waals surface area contributed by atoms with Crippen LogP contribution in [0.4, 0.5) is 11.4 Å². The SMILES string of the molecule is CC(C)NC(=O)CN1CN(c2ccccc2)C2(CCN(C(=O)c3ccc([N+](=O)[O-])cc3Cl)CC2)C1=O. The number of nitrogens with one attached hydrogen (secondary N) is 1. The van der Waals surface area contributed by atoms with E-state index >= 15 is 0 Å². The van der Waals surface area contributed by atoms with Crippen molar-refractivity contribution in [1.82, 2.24) is 15.1 Å². The molecule has 4 rings (SSSR count). The Kier molecular flexibility index (Phi) is 7.16. The molecule has 0 aromatic heterocycles. The van der Waals surface area contributed by atoms with Gasteiger partial charge in [0.1, 0.15) is 12.1 Å². The summed E-state index contributed by atoms with van der Waals surface area (Å²) in [6.45, 7) is 4.57. The van der Waals surface area contributed by atoms with Crippen molar-refractivity contribution in [2.75, 3.05) is 31.2 Å². The highest BCUT2D eigenvalue weighted by molar-refractivity contribution is 6.34. The number of benzene rings is 2. The van der Waals surface area contributed by atoms with Crippen LogP contribution in [0.3, 0.4) is 0 Å². The van der Waals surface area contributed by atoms with Crippen LogP contribution in [0.15, 0.2) is 48.5 Å². The number of rotatable bonds is 6. The fourth-order valence-electron chi connectivity index (χ4n) is 4.90. The van der Waals surface area contributed by atoms with Gasteiger partial charge in [0.25, 0.3) is 17.5 Å². The number of para-hydroxylation sites is 1. The molecule has 0 unspecified atom stereocenters. The summed E-state index contributed by atoms with van der Waals surface area (Å²) in [5.74, 6) is -0.691. The van der Waals surface area contributed by atoms with Gasteiger partial charge in [-0.2, -0.15) is 0 Å². The fraction of sp³-hybridized carbons (Fsp3) is 0.400. The molecule has 2 saturated heterocycles. The molecule has 2 fully saturated rings. The number of non-ortho nitro benzene ring substituents is 1. The summed E-state index contributed by atoms with van der Waals surface area (Å²) in [4.78, 5) is 54.9. The Balaban J connectivity index is 1.55. The van der Waals surface area contributed by atoms with Gasteiger partial charge in [0.05, 0.1) is 22.2 Å². The summed E-state index contributed by atoms with van der Waals surface area (Å²) >= 11 is 6.18. The molecule has 36 heavy (non-hydrogen) atoms. The number of piperidine rings is 1. The third-order valence-corrected chi connectivity index (χ3v) is 6.95. The monoisotopic (exact) mass is 513 g/mol. The van der Waals surface area contributed by atoms with Crippen molar-refractivity contribution in [2.24, 2.45) is 0 Å². The molecule has 2 aliphatic rings. The molecule has 10 nitrogen and oxygen atoms in total. The van der Waals surface area contributed by atoms with Crippen molar-refractivity contribution in [3.8, 4) is 0 Å². The van der Waals surface area contributed by atoms with Crippen LogP contribution in [-0.4, -0.2) is 70.3 Å². The number of likely N-dealkylation sites (tertiary alicyclic amines) is 1. The zero-order valence-electron chi connectivity index (χ0n) is 20.1. The fourth-order valence-corrected chi connectivity index (χ4v) is 5.16. The number of nitro groups is 1. The van der Waals surface area contributed by atoms with Gasteiger partial charge < -0.3 is 20.0 Å². The Morgan fingerprint density at radius 2 is 1.81 bits per heavy atom. The molecule has 1 spiro atoms. The lowest BCUT2D eigenvalue weighted by Gasteiger charge is -2.43. The van der Waals surface area contributed by atoms with Crippen LogP contribution in [0.5, 0.6) is 0 Å². The van der Waals surface area contributed by atoms with Crippen LogP contribution in [0.25, 0.3) is 0 Å². The number of carbonyl (C=O) groups is 3. The maximum atomic E-state index is 13.7. The number of nitro benzene ring substituents is 1. The van der Waals surface area contributed by atoms with Crippen molar-refractivity contribution in [1.29, 1.82) is 0 Å². The summed E-state index contributed by atoms with van der Waals surface area (Å²) in [5.41, 5.74) is -0.0142. The minimum Gasteiger partial charge on any atom is -0.352 e. The highest BCUT2D eigenvalue weighted by Gasteiger charge is 2.54. The molecule has 0 bridgehead atoms. The Morgan fingerprint density at radius 1 is 1.14 bits per heavy atom. The standard InChI is InChI=1S/C25H28ClN5O5/c1-17(2)27-22(32)15-29-16-30(18-6-4-3-5-7-18)25(24(29)34)10-12-28(13-11-25)23(33)20-9-8-19(31(35)36)14-21(20)26/h3-9,14,17H,10-13,15-16H2,1-2H3,(H,27,32). The molecule has 3 amide bonds. The molecule has 11 heteroatoms. The van der Waals surface area contributed by atoms with Crippen molar-refractivity contribution in [3.63, 3.8) is 0 Å². The van der Waals surface area contributed by atoms with Gasteiger partial charge in [0.15, 0.2) is 0 Å². The Bertz CT molecular complexity index is 1180. The van der Waals surface area contributed by atoms with Gasteiger partial charge in [-0.15, -0.1) is 0 Å². The highest BCUT2D eigenvalue weighted by Crippen LogP contribution is 2.40. The Morgan fingerprint density at radius 3 is 2.39 bits per heavy atom. The number of halogens is 1. The van der Waals surface area contributed by atoms with E-state index in [0.29, 0.717) is 25.9 Å². The molecular formula is C25H28ClN5O5. The minimum atomic E-state index is -0.879. The number of anilines is 1. The number of carbonyl (C=O) groups excluding carboxylic acids is 3. The quantitative estimate of drug-likeness (QED) is 0.469. The molecule has 2 heterocycles. The lowest BCUT2D eigenvalue weighted by Crippen LogP contribution is -2.57. The third kappa shape index (κ3) is 4.86. The average Bonchev–Trinajstić information content (AvgIpc) is 3.10. The summed E-state index contributed by atoms with van der Waals surface area (Å²) in [7, 11) is 0. The normalized spacial score (nSPS) is 17.1. The number of amides is 3. The summed E-state index contributed by atoms with van der Waals surface area (Å²) in [5, 5.41) is 13.8. The van der Waals surface area contributed by atoms with Crippen LogP contribution in [0.2, 0.25) is 5.02 Å². The second-order valence-corrected chi connectivity index (χ2v) is 9.78. The van der Waals surface area contributed by atoms with Crippen LogP contribution in [-0.2, 0) is 9.59 Å². The first-order chi connectivity index (χ1) is 17.1. The van der Waals surface area contributed by atoms with Crippen LogP contribution in [0.1, 0.15) is 37.0 Å². The van der Waals surface area contributed by atoms with Crippen LogP contribution in [0, 0.1) is 10.1 Å². The second-order valence-electron chi connectivity index (χ2n) is 9.38. The van der Waals surface area contributed by atoms with E-state index in [9.17, 15) is 24.5 Å². The smallest absolute Gasteiger partial charge is 0.270 e. The molecule has 0 atom stereocenters. The zero-order valence-corrected chi connectivity index (χ0v) is 20.9. The molecule has 1 N–H and O–H groups in total. The maximum Gasteiger partial charge on any atom is 0.270 e. The van der Waals surface area contributed by atoms with Gasteiger partial charge in [0, 0.05) is 37.0 Å². The number of hydrogen-bond acceptors (Lipinski definition) is 6. The van der Waals surface area contributed by atoms with Gasteiger partial charge >= 0.3 is 0 Å². The summed E-state index contributed by atoms with van der Waals surface area (Å²) < 4.78 is 0. The first kappa shape index (κ1) is 25.4. The molecule has 190 valence electrons. The first-order valence-corrected chi connectivity index (χ1v) is 12.1. The molecule has 2 aliphatic heterocycles. The molecule has 0 radical (unpaired) electrons. The lowest BCUT2D eigenvalue weighted by molar-refractivity contribution is -0.384. The molecule has 2 aromatic rings. The zero-order chi connectivity index (χ0) is 26.0. The molecular weight excluding hydrogens is 486 g/mol. The van der Waals surface area contributed by atoms with E-state index < -0.39 is 10.5 Å². The third-order valence-electron chi connectivity index (χ3n) is 6.64. The lowest BCUT2D eigenvalue weighted by atomic mass is 9.85. The second kappa shape index (κ2) is 10.1.